The molecule has 7 nitrogen and oxygen atoms in total. The van der Waals surface area contributed by atoms with Gasteiger partial charge < -0.3 is 15.2 Å². The zero-order valence-corrected chi connectivity index (χ0v) is 13.5. The Morgan fingerprint density at radius 2 is 2.00 bits per heavy atom. The van der Waals surface area contributed by atoms with Gasteiger partial charge in [0.05, 0.1) is 24.5 Å². The van der Waals surface area contributed by atoms with Crippen LogP contribution in [-0.4, -0.2) is 57.9 Å². The van der Waals surface area contributed by atoms with Crippen molar-refractivity contribution >= 4 is 12.1 Å². The van der Waals surface area contributed by atoms with Crippen LogP contribution in [0.25, 0.3) is 0 Å². The normalized spacial score (nSPS) is 24.1. The smallest absolute Gasteiger partial charge is 0.410 e. The average Bonchev–Trinajstić information content (AvgIpc) is 2.90. The lowest BCUT2D eigenvalue weighted by Gasteiger charge is -2.38. The van der Waals surface area contributed by atoms with Crippen molar-refractivity contribution in [3.63, 3.8) is 0 Å². The van der Waals surface area contributed by atoms with Crippen LogP contribution in [0.3, 0.4) is 0 Å². The van der Waals surface area contributed by atoms with Crippen molar-refractivity contribution < 1.29 is 28.2 Å². The molecule has 9 heteroatoms. The van der Waals surface area contributed by atoms with E-state index in [1.54, 1.807) is 20.8 Å². The summed E-state index contributed by atoms with van der Waals surface area (Å²) in [6.45, 7) is 3.54. The molecule has 0 saturated heterocycles. The molecule has 2 aliphatic heterocycles. The Morgan fingerprint density at radius 3 is 2.43 bits per heavy atom. The Kier molecular flexibility index (Phi) is 4.16. The zero-order valence-electron chi connectivity index (χ0n) is 13.5. The van der Waals surface area contributed by atoms with E-state index in [2.05, 4.69) is 5.32 Å². The largest absolute Gasteiger partial charge is 0.478 e. The third-order valence-corrected chi connectivity index (χ3v) is 3.81. The number of nitrogens with zero attached hydrogens (tertiary/aromatic N) is 2. The van der Waals surface area contributed by atoms with Crippen LogP contribution in [0.5, 0.6) is 0 Å². The summed E-state index contributed by atoms with van der Waals surface area (Å²) in [5, 5.41) is 12.1. The fraction of sp³-hybridized carbons (Fsp3) is 0.714. The van der Waals surface area contributed by atoms with E-state index < -0.39 is 29.9 Å². The molecular formula is C14H21F2N3O4. The molecule has 1 unspecified atom stereocenters. The molecule has 0 aromatic carbocycles. The SMILES string of the molecule is CCC1(C(=O)O)NC2=C(CN(C(=O)OC(C)(C)C)C2)N1C(F)F. The highest BCUT2D eigenvalue weighted by molar-refractivity contribution is 5.80. The van der Waals surface area contributed by atoms with Gasteiger partial charge in [-0.1, -0.05) is 6.92 Å². The minimum absolute atomic E-state index is 0.0164. The van der Waals surface area contributed by atoms with Crippen LogP contribution < -0.4 is 5.32 Å². The zero-order chi connectivity index (χ0) is 17.6. The second-order valence-electron chi connectivity index (χ2n) is 6.55. The maximum Gasteiger partial charge on any atom is 0.410 e. The van der Waals surface area contributed by atoms with E-state index in [9.17, 15) is 23.5 Å². The monoisotopic (exact) mass is 333 g/mol. The van der Waals surface area contributed by atoms with E-state index in [1.807, 2.05) is 0 Å². The maximum atomic E-state index is 13.5. The Bertz CT molecular complexity index is 559. The van der Waals surface area contributed by atoms with Crippen molar-refractivity contribution in [1.29, 1.82) is 0 Å². The molecule has 0 bridgehead atoms. The molecule has 1 atom stereocenters. The first-order chi connectivity index (χ1) is 10.5. The molecule has 2 aliphatic rings. The number of rotatable bonds is 3. The van der Waals surface area contributed by atoms with Crippen molar-refractivity contribution in [2.75, 3.05) is 13.1 Å². The number of hydrogen-bond donors (Lipinski definition) is 2. The second kappa shape index (κ2) is 5.54. The van der Waals surface area contributed by atoms with Gasteiger partial charge in [0, 0.05) is 0 Å². The van der Waals surface area contributed by atoms with Crippen LogP contribution in [0.4, 0.5) is 13.6 Å². The first kappa shape index (κ1) is 17.3. The minimum Gasteiger partial charge on any atom is -0.478 e. The fourth-order valence-electron chi connectivity index (χ4n) is 2.79. The third-order valence-electron chi connectivity index (χ3n) is 3.81. The van der Waals surface area contributed by atoms with E-state index in [0.717, 1.165) is 0 Å². The molecule has 2 heterocycles. The lowest BCUT2D eigenvalue weighted by Crippen LogP contribution is -2.61. The lowest BCUT2D eigenvalue weighted by molar-refractivity contribution is -0.162. The van der Waals surface area contributed by atoms with Crippen molar-refractivity contribution in [2.24, 2.45) is 0 Å². The quantitative estimate of drug-likeness (QED) is 0.766. The summed E-state index contributed by atoms with van der Waals surface area (Å²) in [4.78, 5) is 25.4. The average molecular weight is 333 g/mol. The predicted molar refractivity (Wildman–Crippen MR) is 76.5 cm³/mol. The maximum absolute atomic E-state index is 13.5. The molecular weight excluding hydrogens is 312 g/mol. The second-order valence-corrected chi connectivity index (χ2v) is 6.55. The van der Waals surface area contributed by atoms with E-state index in [0.29, 0.717) is 10.6 Å². The molecule has 0 aromatic heterocycles. The third kappa shape index (κ3) is 2.91. The highest BCUT2D eigenvalue weighted by Crippen LogP contribution is 2.38. The van der Waals surface area contributed by atoms with Crippen LogP contribution in [0.1, 0.15) is 34.1 Å². The molecule has 2 N–H and O–H groups in total. The summed E-state index contributed by atoms with van der Waals surface area (Å²) in [6, 6.07) is 0. The predicted octanol–water partition coefficient (Wildman–Crippen LogP) is 1.77. The first-order valence-corrected chi connectivity index (χ1v) is 7.31. The number of carboxylic acids is 1. The van der Waals surface area contributed by atoms with Crippen LogP contribution in [0.2, 0.25) is 0 Å². The van der Waals surface area contributed by atoms with Gasteiger partial charge in [-0.25, -0.2) is 9.59 Å². The molecule has 0 spiro atoms. The Labute approximate surface area is 132 Å². The van der Waals surface area contributed by atoms with Crippen molar-refractivity contribution in [3.8, 4) is 0 Å². The molecule has 0 aromatic rings. The number of halogens is 2. The van der Waals surface area contributed by atoms with E-state index in [4.69, 9.17) is 4.74 Å². The number of alkyl halides is 2. The van der Waals surface area contributed by atoms with Gasteiger partial charge in [-0.3, -0.25) is 9.80 Å². The minimum atomic E-state index is -3.00. The standard InChI is InChI=1S/C14H21F2N3O4/c1-5-14(10(20)21)17-8-6-18(12(22)23-13(2,3)4)7-9(8)19(14)11(15)16/h11,17H,5-7H2,1-4H3,(H,20,21). The Hall–Kier alpha value is -2.06. The first-order valence-electron chi connectivity index (χ1n) is 7.31. The Morgan fingerprint density at radius 1 is 1.39 bits per heavy atom. The highest BCUT2D eigenvalue weighted by atomic mass is 19.3. The number of carbonyl (C=O) groups excluding carboxylic acids is 1. The number of nitrogens with one attached hydrogen (secondary N) is 1. The lowest BCUT2D eigenvalue weighted by atomic mass is 10.1. The summed E-state index contributed by atoms with van der Waals surface area (Å²) >= 11 is 0. The summed E-state index contributed by atoms with van der Waals surface area (Å²) in [5.41, 5.74) is -2.14. The van der Waals surface area contributed by atoms with Gasteiger partial charge >= 0.3 is 18.6 Å². The number of carbonyl (C=O) groups is 2. The number of carboxylic acid groups (broad SMARTS) is 1. The van der Waals surface area contributed by atoms with Gasteiger partial charge in [0.1, 0.15) is 5.60 Å². The molecule has 0 saturated carbocycles. The van der Waals surface area contributed by atoms with Gasteiger partial charge in [0.2, 0.25) is 5.66 Å². The van der Waals surface area contributed by atoms with Crippen LogP contribution in [0.15, 0.2) is 11.4 Å². The highest BCUT2D eigenvalue weighted by Gasteiger charge is 2.55. The number of hydrogen-bond acceptors (Lipinski definition) is 5. The van der Waals surface area contributed by atoms with Crippen LogP contribution in [0, 0.1) is 0 Å². The summed E-state index contributed by atoms with van der Waals surface area (Å²) in [5.74, 6) is -1.38. The molecule has 1 amide bonds. The van der Waals surface area contributed by atoms with Crippen LogP contribution >= 0.6 is 0 Å². The molecule has 0 fully saturated rings. The fourth-order valence-corrected chi connectivity index (χ4v) is 2.79. The molecule has 2 rings (SSSR count). The molecule has 23 heavy (non-hydrogen) atoms. The van der Waals surface area contributed by atoms with Gasteiger partial charge in [0.15, 0.2) is 0 Å². The van der Waals surface area contributed by atoms with Crippen molar-refractivity contribution in [1.82, 2.24) is 15.1 Å². The summed E-state index contributed by atoms with van der Waals surface area (Å²) < 4.78 is 32.2. The van der Waals surface area contributed by atoms with E-state index in [-0.39, 0.29) is 25.2 Å². The number of amides is 1. The molecule has 130 valence electrons. The van der Waals surface area contributed by atoms with Gasteiger partial charge in [-0.05, 0) is 27.2 Å². The van der Waals surface area contributed by atoms with E-state index in [1.165, 1.54) is 11.8 Å². The van der Waals surface area contributed by atoms with Crippen molar-refractivity contribution in [3.05, 3.63) is 11.4 Å². The number of aliphatic carboxylic acids is 1. The van der Waals surface area contributed by atoms with E-state index >= 15 is 0 Å². The number of ether oxygens (including phenoxy) is 1. The van der Waals surface area contributed by atoms with Gasteiger partial charge in [-0.2, -0.15) is 8.78 Å². The van der Waals surface area contributed by atoms with Gasteiger partial charge in [-0.15, -0.1) is 0 Å². The van der Waals surface area contributed by atoms with Gasteiger partial charge in [0.25, 0.3) is 0 Å². The topological polar surface area (TPSA) is 82.1 Å². The molecule has 0 aliphatic carbocycles. The Balaban J connectivity index is 2.20. The summed E-state index contributed by atoms with van der Waals surface area (Å²) in [6.07, 6.45) is -0.674. The molecule has 0 radical (unpaired) electrons. The summed E-state index contributed by atoms with van der Waals surface area (Å²) in [7, 11) is 0. The van der Waals surface area contributed by atoms with Crippen LogP contribution in [-0.2, 0) is 9.53 Å². The van der Waals surface area contributed by atoms with Crippen molar-refractivity contribution in [2.45, 2.75) is 51.9 Å².